The number of allylic oxidation sites excluding steroid dienone is 6. The minimum atomic E-state index is -2.02. The monoisotopic (exact) mass is 656 g/mol. The molecule has 0 saturated heterocycles. The van der Waals surface area contributed by atoms with Crippen LogP contribution in [-0.2, 0) is 19.1 Å². The molecule has 8 atom stereocenters. The Balaban J connectivity index is 1.20. The summed E-state index contributed by atoms with van der Waals surface area (Å²) in [5, 5.41) is 23.6. The van der Waals surface area contributed by atoms with E-state index in [2.05, 4.69) is 19.1 Å². The fourth-order valence-corrected chi connectivity index (χ4v) is 9.81. The van der Waals surface area contributed by atoms with Crippen LogP contribution in [0, 0.1) is 28.6 Å². The molecule has 0 heterocycles. The van der Waals surface area contributed by atoms with Crippen LogP contribution in [0.5, 0.6) is 0 Å². The van der Waals surface area contributed by atoms with Crippen molar-refractivity contribution in [1.29, 1.82) is 0 Å². The maximum Gasteiger partial charge on any atom is 0.306 e. The molecule has 0 spiro atoms. The zero-order valence-electron chi connectivity index (χ0n) is 29.5. The summed E-state index contributed by atoms with van der Waals surface area (Å²) in [5.41, 5.74) is -5.38. The van der Waals surface area contributed by atoms with Crippen LogP contribution >= 0.6 is 0 Å². The van der Waals surface area contributed by atoms with E-state index in [4.69, 9.17) is 4.74 Å². The quantitative estimate of drug-likeness (QED) is 0.0872. The highest BCUT2D eigenvalue weighted by Gasteiger charge is 2.75. The summed E-state index contributed by atoms with van der Waals surface area (Å²) in [6.07, 6.45) is 24.4. The van der Waals surface area contributed by atoms with Gasteiger partial charge in [0.15, 0.2) is 18.1 Å². The Kier molecular flexibility index (Phi) is 12.9. The van der Waals surface area contributed by atoms with E-state index in [9.17, 15) is 24.6 Å². The number of hydrogen-bond acceptors (Lipinski definition) is 6. The first-order chi connectivity index (χ1) is 22.4. The van der Waals surface area contributed by atoms with E-state index in [0.29, 0.717) is 31.3 Å². The van der Waals surface area contributed by atoms with Crippen molar-refractivity contribution in [1.82, 2.24) is 0 Å². The number of ketones is 2. The van der Waals surface area contributed by atoms with Crippen molar-refractivity contribution in [3.05, 3.63) is 36.0 Å². The summed E-state index contributed by atoms with van der Waals surface area (Å²) < 4.78 is 22.7. The molecule has 0 radical (unpaired) electrons. The standard InChI is InChI=1S/C40H61FO6/c1-5-6-7-8-9-10-11-12-13-14-15-16-17-18-19-20-36(45)47-28-35(44)40(46)29(2)25-33-32-22-21-30-26-31(42)23-24-37(30,3)39(32,41)34(43)27-38(33,40)4/h12-13,23-24,26,29,32-34,43,46H,5-11,14-22,25,27-28H2,1-4H3. The highest BCUT2D eigenvalue weighted by Crippen LogP contribution is 2.70. The summed E-state index contributed by atoms with van der Waals surface area (Å²) in [6, 6.07) is 0. The number of aliphatic hydroxyl groups is 2. The molecule has 6 nitrogen and oxygen atoms in total. The van der Waals surface area contributed by atoms with E-state index in [0.717, 1.165) is 32.1 Å². The molecule has 2 N–H and O–H groups in total. The molecule has 0 aromatic rings. The lowest BCUT2D eigenvalue weighted by Crippen LogP contribution is -2.69. The zero-order chi connectivity index (χ0) is 34.3. The number of ether oxygens (including phenoxy) is 1. The maximum atomic E-state index is 17.3. The van der Waals surface area contributed by atoms with Gasteiger partial charge in [-0.1, -0.05) is 95.9 Å². The first-order valence-electron chi connectivity index (χ1n) is 18.7. The van der Waals surface area contributed by atoms with E-state index in [1.54, 1.807) is 26.8 Å². The van der Waals surface area contributed by atoms with Gasteiger partial charge in [0.05, 0.1) is 6.10 Å². The second-order valence-corrected chi connectivity index (χ2v) is 15.6. The normalized spacial score (nSPS) is 36.1. The molecule has 264 valence electrons. The van der Waals surface area contributed by atoms with Gasteiger partial charge in [0.25, 0.3) is 0 Å². The van der Waals surface area contributed by atoms with Crippen LogP contribution in [0.25, 0.3) is 0 Å². The summed E-state index contributed by atoms with van der Waals surface area (Å²) in [7, 11) is 0. The van der Waals surface area contributed by atoms with E-state index in [1.807, 2.05) is 0 Å². The van der Waals surface area contributed by atoms with Gasteiger partial charge in [0.1, 0.15) is 5.60 Å². The first-order valence-corrected chi connectivity index (χ1v) is 18.7. The number of esters is 1. The first kappa shape index (κ1) is 37.7. The Morgan fingerprint density at radius 3 is 2.26 bits per heavy atom. The van der Waals surface area contributed by atoms with Gasteiger partial charge < -0.3 is 14.9 Å². The van der Waals surface area contributed by atoms with E-state index < -0.39 is 58.4 Å². The van der Waals surface area contributed by atoms with E-state index >= 15 is 4.39 Å². The topological polar surface area (TPSA) is 101 Å². The second kappa shape index (κ2) is 16.1. The van der Waals surface area contributed by atoms with Crippen LogP contribution in [0.1, 0.15) is 143 Å². The summed E-state index contributed by atoms with van der Waals surface area (Å²) in [5.74, 6) is -2.62. The number of fused-ring (bicyclic) bond motifs is 5. The van der Waals surface area contributed by atoms with E-state index in [-0.39, 0.29) is 24.5 Å². The highest BCUT2D eigenvalue weighted by molar-refractivity contribution is 6.01. The molecule has 7 heteroatoms. The number of carbonyl (C=O) groups is 3. The molecular weight excluding hydrogens is 595 g/mol. The summed E-state index contributed by atoms with van der Waals surface area (Å²) in [4.78, 5) is 38.3. The fourth-order valence-electron chi connectivity index (χ4n) is 9.81. The van der Waals surface area contributed by atoms with Gasteiger partial charge in [-0.3, -0.25) is 14.4 Å². The Bertz CT molecular complexity index is 1210. The number of alkyl halides is 1. The van der Waals surface area contributed by atoms with Crippen LogP contribution in [0.3, 0.4) is 0 Å². The van der Waals surface area contributed by atoms with Crippen LogP contribution in [0.4, 0.5) is 4.39 Å². The second-order valence-electron chi connectivity index (χ2n) is 15.6. The number of unbranched alkanes of at least 4 members (excludes halogenated alkanes) is 11. The van der Waals surface area contributed by atoms with Crippen molar-refractivity contribution in [2.24, 2.45) is 28.6 Å². The molecule has 0 amide bonds. The minimum Gasteiger partial charge on any atom is -0.458 e. The van der Waals surface area contributed by atoms with Crippen molar-refractivity contribution in [3.63, 3.8) is 0 Å². The third-order valence-electron chi connectivity index (χ3n) is 12.7. The molecule has 3 fully saturated rings. The molecule has 4 aliphatic carbocycles. The van der Waals surface area contributed by atoms with Crippen molar-refractivity contribution in [2.75, 3.05) is 6.61 Å². The minimum absolute atomic E-state index is 0.0925. The lowest BCUT2D eigenvalue weighted by atomic mass is 9.44. The fraction of sp³-hybridized carbons (Fsp3) is 0.775. The molecule has 4 aliphatic rings. The molecule has 0 aromatic carbocycles. The van der Waals surface area contributed by atoms with Gasteiger partial charge in [0.2, 0.25) is 5.78 Å². The number of aliphatic hydroxyl groups excluding tert-OH is 1. The molecule has 8 unspecified atom stereocenters. The SMILES string of the molecule is CCCCCCCCC=CCCCCCCCC(=O)OCC(=O)C1(O)C(C)CC2C3CCC4=CC(=O)C=CC4(C)C3(F)C(O)CC21C. The van der Waals surface area contributed by atoms with Gasteiger partial charge in [-0.05, 0) is 88.7 Å². The maximum absolute atomic E-state index is 17.3. The Morgan fingerprint density at radius 1 is 0.979 bits per heavy atom. The largest absolute Gasteiger partial charge is 0.458 e. The number of Topliss-reactive ketones (excluding diaryl/α,β-unsaturated/α-hetero) is 1. The van der Waals surface area contributed by atoms with Gasteiger partial charge in [-0.2, -0.15) is 0 Å². The number of carbonyl (C=O) groups excluding carboxylic acids is 3. The van der Waals surface area contributed by atoms with Gasteiger partial charge >= 0.3 is 5.97 Å². The molecule has 0 aromatic heterocycles. The van der Waals surface area contributed by atoms with Crippen LogP contribution in [0.15, 0.2) is 36.0 Å². The smallest absolute Gasteiger partial charge is 0.306 e. The molecule has 47 heavy (non-hydrogen) atoms. The third kappa shape index (κ3) is 7.41. The van der Waals surface area contributed by atoms with Crippen LogP contribution < -0.4 is 0 Å². The molecule has 0 bridgehead atoms. The average molecular weight is 657 g/mol. The molecule has 3 saturated carbocycles. The highest BCUT2D eigenvalue weighted by atomic mass is 19.1. The van der Waals surface area contributed by atoms with Crippen molar-refractivity contribution in [3.8, 4) is 0 Å². The van der Waals surface area contributed by atoms with Gasteiger partial charge in [0, 0.05) is 23.2 Å². The lowest BCUT2D eigenvalue weighted by Gasteiger charge is -2.62. The third-order valence-corrected chi connectivity index (χ3v) is 12.7. The Labute approximate surface area is 282 Å². The van der Waals surface area contributed by atoms with Crippen molar-refractivity contribution in [2.45, 2.75) is 161 Å². The molecular formula is C40H61FO6. The van der Waals surface area contributed by atoms with Crippen LogP contribution in [-0.4, -0.2) is 51.7 Å². The zero-order valence-corrected chi connectivity index (χ0v) is 29.5. The average Bonchev–Trinajstić information content (AvgIpc) is 3.24. The van der Waals surface area contributed by atoms with Crippen LogP contribution in [0.2, 0.25) is 0 Å². The number of rotatable bonds is 18. The number of halogens is 1. The summed E-state index contributed by atoms with van der Waals surface area (Å²) in [6.45, 7) is 7.07. The van der Waals surface area contributed by atoms with Crippen molar-refractivity contribution >= 4 is 17.5 Å². The Hall–Kier alpha value is -2.12. The lowest BCUT2D eigenvalue weighted by molar-refractivity contribution is -0.220. The number of hydrogen-bond donors (Lipinski definition) is 2. The Morgan fingerprint density at radius 2 is 1.60 bits per heavy atom. The predicted molar refractivity (Wildman–Crippen MR) is 183 cm³/mol. The molecule has 4 rings (SSSR count). The van der Waals surface area contributed by atoms with Crippen molar-refractivity contribution < 1.29 is 33.7 Å². The van der Waals surface area contributed by atoms with E-state index in [1.165, 1.54) is 57.1 Å². The predicted octanol–water partition coefficient (Wildman–Crippen LogP) is 8.48. The van der Waals surface area contributed by atoms with Gasteiger partial charge in [-0.15, -0.1) is 0 Å². The van der Waals surface area contributed by atoms with Gasteiger partial charge in [-0.25, -0.2) is 4.39 Å². The molecule has 0 aliphatic heterocycles. The summed E-state index contributed by atoms with van der Waals surface area (Å²) >= 11 is 0.